The number of hydrogen-bond acceptors (Lipinski definition) is 4. The molecule has 0 radical (unpaired) electrons. The van der Waals surface area contributed by atoms with Gasteiger partial charge in [-0.3, -0.25) is 9.48 Å². The highest BCUT2D eigenvalue weighted by Crippen LogP contribution is 2.43. The second-order valence-corrected chi connectivity index (χ2v) is 3.86. The van der Waals surface area contributed by atoms with Crippen molar-refractivity contribution in [3.8, 4) is 0 Å². The van der Waals surface area contributed by atoms with Crippen LogP contribution in [0, 0.1) is 0 Å². The average Bonchev–Trinajstić information content (AvgIpc) is 2.51. The lowest BCUT2D eigenvalue weighted by atomic mass is 9.68. The molecule has 0 amide bonds. The van der Waals surface area contributed by atoms with Crippen LogP contribution in [-0.2, 0) is 22.0 Å². The molecule has 1 aliphatic rings. The van der Waals surface area contributed by atoms with Gasteiger partial charge in [0.25, 0.3) is 0 Å². The fourth-order valence-corrected chi connectivity index (χ4v) is 2.05. The highest BCUT2D eigenvalue weighted by atomic mass is 16.5. The van der Waals surface area contributed by atoms with Crippen molar-refractivity contribution in [3.63, 3.8) is 0 Å². The molecular formula is C10H15N3O2. The van der Waals surface area contributed by atoms with Crippen LogP contribution >= 0.6 is 0 Å². The smallest absolute Gasteiger partial charge is 0.319 e. The maximum Gasteiger partial charge on any atom is 0.319 e. The summed E-state index contributed by atoms with van der Waals surface area (Å²) in [5, 5.41) is 4.00. The highest BCUT2D eigenvalue weighted by Gasteiger charge is 2.50. The lowest BCUT2D eigenvalue weighted by molar-refractivity contribution is -0.154. The van der Waals surface area contributed by atoms with E-state index in [2.05, 4.69) is 10.1 Å². The van der Waals surface area contributed by atoms with E-state index in [4.69, 9.17) is 4.74 Å². The van der Waals surface area contributed by atoms with Gasteiger partial charge in [-0.25, -0.2) is 4.98 Å². The van der Waals surface area contributed by atoms with Crippen molar-refractivity contribution in [2.24, 2.45) is 7.05 Å². The van der Waals surface area contributed by atoms with E-state index in [1.54, 1.807) is 4.68 Å². The van der Waals surface area contributed by atoms with Crippen molar-refractivity contribution < 1.29 is 9.53 Å². The maximum atomic E-state index is 11.9. The minimum atomic E-state index is -0.527. The third-order valence-corrected chi connectivity index (χ3v) is 3.01. The predicted molar refractivity (Wildman–Crippen MR) is 53.2 cm³/mol. The minimum Gasteiger partial charge on any atom is -0.465 e. The largest absolute Gasteiger partial charge is 0.465 e. The van der Waals surface area contributed by atoms with Crippen LogP contribution < -0.4 is 0 Å². The first-order valence-electron chi connectivity index (χ1n) is 5.22. The van der Waals surface area contributed by atoms with Crippen molar-refractivity contribution in [2.75, 3.05) is 6.61 Å². The summed E-state index contributed by atoms with van der Waals surface area (Å²) in [4.78, 5) is 16.1. The third-order valence-electron chi connectivity index (χ3n) is 3.01. The summed E-state index contributed by atoms with van der Waals surface area (Å²) in [7, 11) is 1.81. The van der Waals surface area contributed by atoms with Gasteiger partial charge in [0.15, 0.2) is 0 Å². The van der Waals surface area contributed by atoms with Gasteiger partial charge in [-0.15, -0.1) is 0 Å². The Bertz CT molecular complexity index is 368. The Hall–Kier alpha value is -1.39. The molecule has 2 rings (SSSR count). The van der Waals surface area contributed by atoms with Gasteiger partial charge in [0.05, 0.1) is 6.61 Å². The number of carbonyl (C=O) groups excluding carboxylic acids is 1. The van der Waals surface area contributed by atoms with Gasteiger partial charge in [-0.1, -0.05) is 6.42 Å². The molecule has 15 heavy (non-hydrogen) atoms. The molecule has 1 heterocycles. The van der Waals surface area contributed by atoms with Gasteiger partial charge < -0.3 is 4.74 Å². The van der Waals surface area contributed by atoms with Crippen molar-refractivity contribution in [1.82, 2.24) is 14.8 Å². The van der Waals surface area contributed by atoms with Crippen molar-refractivity contribution in [1.29, 1.82) is 0 Å². The van der Waals surface area contributed by atoms with Crippen molar-refractivity contribution in [2.45, 2.75) is 31.6 Å². The second-order valence-electron chi connectivity index (χ2n) is 3.86. The number of aryl methyl sites for hydroxylation is 1. The molecule has 5 heteroatoms. The van der Waals surface area contributed by atoms with E-state index in [0.717, 1.165) is 25.1 Å². The molecule has 1 aliphatic carbocycles. The standard InChI is InChI=1S/C10H15N3O2/c1-3-15-9(14)10(5-4-6-10)8-11-7-12-13(8)2/h7H,3-6H2,1-2H3. The Morgan fingerprint density at radius 2 is 2.40 bits per heavy atom. The summed E-state index contributed by atoms with van der Waals surface area (Å²) in [6.07, 6.45) is 4.16. The van der Waals surface area contributed by atoms with Crippen molar-refractivity contribution >= 4 is 5.97 Å². The van der Waals surface area contributed by atoms with E-state index in [1.807, 2.05) is 14.0 Å². The highest BCUT2D eigenvalue weighted by molar-refractivity contribution is 5.83. The number of carbonyl (C=O) groups is 1. The van der Waals surface area contributed by atoms with Crippen LogP contribution in [0.25, 0.3) is 0 Å². The van der Waals surface area contributed by atoms with E-state index in [9.17, 15) is 4.79 Å². The van der Waals surface area contributed by atoms with Gasteiger partial charge in [0.2, 0.25) is 0 Å². The van der Waals surface area contributed by atoms with Gasteiger partial charge in [-0.2, -0.15) is 5.10 Å². The quantitative estimate of drug-likeness (QED) is 0.691. The van der Waals surface area contributed by atoms with Crippen LogP contribution in [0.3, 0.4) is 0 Å². The molecular weight excluding hydrogens is 194 g/mol. The Labute approximate surface area is 88.4 Å². The molecule has 0 spiro atoms. The Kier molecular flexibility index (Phi) is 2.46. The van der Waals surface area contributed by atoms with Crippen LogP contribution in [0.2, 0.25) is 0 Å². The number of esters is 1. The molecule has 0 atom stereocenters. The van der Waals surface area contributed by atoms with Crippen LogP contribution in [0.5, 0.6) is 0 Å². The summed E-state index contributed by atoms with van der Waals surface area (Å²) < 4.78 is 6.77. The number of rotatable bonds is 3. The van der Waals surface area contributed by atoms with Crippen LogP contribution in [0.1, 0.15) is 32.0 Å². The molecule has 1 aromatic rings. The first kappa shape index (κ1) is 10.1. The van der Waals surface area contributed by atoms with E-state index >= 15 is 0 Å². The lowest BCUT2D eigenvalue weighted by Crippen LogP contribution is -2.45. The number of hydrogen-bond donors (Lipinski definition) is 0. The van der Waals surface area contributed by atoms with E-state index in [1.165, 1.54) is 6.33 Å². The molecule has 5 nitrogen and oxygen atoms in total. The zero-order valence-corrected chi connectivity index (χ0v) is 9.06. The van der Waals surface area contributed by atoms with Gasteiger partial charge in [-0.05, 0) is 19.8 Å². The van der Waals surface area contributed by atoms with Crippen LogP contribution in [0.4, 0.5) is 0 Å². The first-order chi connectivity index (χ1) is 7.20. The lowest BCUT2D eigenvalue weighted by Gasteiger charge is -2.37. The summed E-state index contributed by atoms with van der Waals surface area (Å²) >= 11 is 0. The fraction of sp³-hybridized carbons (Fsp3) is 0.700. The Morgan fingerprint density at radius 1 is 1.67 bits per heavy atom. The molecule has 1 aromatic heterocycles. The SMILES string of the molecule is CCOC(=O)C1(c2ncnn2C)CCC1. The summed E-state index contributed by atoms with van der Waals surface area (Å²) in [6, 6.07) is 0. The van der Waals surface area contributed by atoms with Gasteiger partial charge in [0.1, 0.15) is 17.6 Å². The van der Waals surface area contributed by atoms with E-state index in [0.29, 0.717) is 6.61 Å². The molecule has 1 fully saturated rings. The Morgan fingerprint density at radius 3 is 2.80 bits per heavy atom. The summed E-state index contributed by atoms with van der Waals surface area (Å²) in [5.74, 6) is 0.569. The van der Waals surface area contributed by atoms with Gasteiger partial charge >= 0.3 is 5.97 Å². The van der Waals surface area contributed by atoms with Crippen molar-refractivity contribution in [3.05, 3.63) is 12.2 Å². The first-order valence-corrected chi connectivity index (χ1v) is 5.22. The molecule has 0 unspecified atom stereocenters. The fourth-order valence-electron chi connectivity index (χ4n) is 2.05. The van der Waals surface area contributed by atoms with E-state index in [-0.39, 0.29) is 5.97 Å². The zero-order chi connectivity index (χ0) is 10.9. The molecule has 0 bridgehead atoms. The van der Waals surface area contributed by atoms with E-state index < -0.39 is 5.41 Å². The zero-order valence-electron chi connectivity index (χ0n) is 9.06. The molecule has 1 saturated carbocycles. The molecule has 0 aliphatic heterocycles. The van der Waals surface area contributed by atoms with Crippen LogP contribution in [0.15, 0.2) is 6.33 Å². The molecule has 0 N–H and O–H groups in total. The van der Waals surface area contributed by atoms with Crippen LogP contribution in [-0.4, -0.2) is 27.3 Å². The average molecular weight is 209 g/mol. The minimum absolute atomic E-state index is 0.160. The third kappa shape index (κ3) is 1.42. The predicted octanol–water partition coefficient (Wildman–Crippen LogP) is 0.800. The number of ether oxygens (including phenoxy) is 1. The molecule has 82 valence electrons. The Balaban J connectivity index is 2.30. The number of aromatic nitrogens is 3. The maximum absolute atomic E-state index is 11.9. The normalized spacial score (nSPS) is 18.3. The molecule has 0 aromatic carbocycles. The summed E-state index contributed by atoms with van der Waals surface area (Å²) in [6.45, 7) is 2.24. The van der Waals surface area contributed by atoms with Gasteiger partial charge in [0, 0.05) is 7.05 Å². The number of nitrogens with zero attached hydrogens (tertiary/aromatic N) is 3. The molecule has 0 saturated heterocycles. The monoisotopic (exact) mass is 209 g/mol. The second kappa shape index (κ2) is 3.64. The summed E-state index contributed by atoms with van der Waals surface area (Å²) in [5.41, 5.74) is -0.527. The topological polar surface area (TPSA) is 57.0 Å².